The number of ether oxygens (including phenoxy) is 4. The van der Waals surface area contributed by atoms with Gasteiger partial charge in [-0.05, 0) is 41.3 Å². The highest BCUT2D eigenvalue weighted by Crippen LogP contribution is 2.34. The van der Waals surface area contributed by atoms with Crippen LogP contribution in [0.25, 0.3) is 0 Å². The van der Waals surface area contributed by atoms with Crippen molar-refractivity contribution >= 4 is 11.9 Å². The van der Waals surface area contributed by atoms with E-state index in [1.165, 1.54) is 13.8 Å². The molecular weight excluding hydrogens is 410 g/mol. The van der Waals surface area contributed by atoms with Crippen LogP contribution in [0.5, 0.6) is 5.75 Å². The first kappa shape index (κ1) is 23.3. The summed E-state index contributed by atoms with van der Waals surface area (Å²) in [5.74, 6) is 0.0239. The molecule has 0 bridgehead atoms. The maximum atomic E-state index is 11.5. The van der Waals surface area contributed by atoms with Gasteiger partial charge in [-0.1, -0.05) is 24.3 Å². The zero-order valence-corrected chi connectivity index (χ0v) is 18.5. The number of methoxy groups -OCH3 is 1. The van der Waals surface area contributed by atoms with Crippen molar-refractivity contribution in [2.75, 3.05) is 13.7 Å². The summed E-state index contributed by atoms with van der Waals surface area (Å²) in [4.78, 5) is 22.7. The topological polar surface area (TPSA) is 94.8 Å². The molecule has 1 saturated heterocycles. The first-order valence-corrected chi connectivity index (χ1v) is 10.5. The van der Waals surface area contributed by atoms with Gasteiger partial charge in [0.05, 0.1) is 31.0 Å². The molecule has 2 aromatic rings. The molecule has 0 unspecified atom stereocenters. The molecule has 0 aromatic heterocycles. The number of carbonyl (C=O) groups excluding carboxylic acids is 2. The minimum Gasteiger partial charge on any atom is -0.497 e. The van der Waals surface area contributed by atoms with Gasteiger partial charge in [0.25, 0.3) is 0 Å². The molecule has 7 heteroatoms. The lowest BCUT2D eigenvalue weighted by molar-refractivity contribution is -0.169. The van der Waals surface area contributed by atoms with Crippen LogP contribution >= 0.6 is 0 Å². The van der Waals surface area contributed by atoms with E-state index < -0.39 is 0 Å². The minimum atomic E-state index is -0.389. The van der Waals surface area contributed by atoms with Crippen molar-refractivity contribution in [1.82, 2.24) is 0 Å². The molecule has 2 aromatic carbocycles. The molecule has 168 valence electrons. The number of benzene rings is 2. The number of esters is 2. The smallest absolute Gasteiger partial charge is 0.302 e. The lowest BCUT2D eigenvalue weighted by Crippen LogP contribution is -2.36. The molecular formula is C25H27NO6. The van der Waals surface area contributed by atoms with E-state index in [1.807, 2.05) is 36.4 Å². The molecule has 3 atom stereocenters. The van der Waals surface area contributed by atoms with Gasteiger partial charge in [-0.3, -0.25) is 9.59 Å². The Morgan fingerprint density at radius 3 is 2.47 bits per heavy atom. The standard InChI is InChI=1S/C25H27NO6/c1-16(27)30-15-24-12-23(31-17(2)28)13-25(32-24)19-6-7-20(14-26)21(11-19)10-18-4-8-22(29-3)9-5-18/h4-9,11,23-25H,10,12-13,15H2,1-3H3/t23-,24-,25+/m0/s1. The maximum absolute atomic E-state index is 11.5. The molecule has 0 spiro atoms. The molecule has 7 nitrogen and oxygen atoms in total. The zero-order valence-electron chi connectivity index (χ0n) is 18.5. The van der Waals surface area contributed by atoms with Crippen molar-refractivity contribution in [2.24, 2.45) is 0 Å². The summed E-state index contributed by atoms with van der Waals surface area (Å²) in [7, 11) is 1.62. The van der Waals surface area contributed by atoms with E-state index in [-0.39, 0.29) is 36.9 Å². The van der Waals surface area contributed by atoms with Crippen molar-refractivity contribution in [3.05, 3.63) is 64.7 Å². The van der Waals surface area contributed by atoms with Crippen LogP contribution in [0.4, 0.5) is 0 Å². The fourth-order valence-corrected chi connectivity index (χ4v) is 3.87. The fraction of sp³-hybridized carbons (Fsp3) is 0.400. The van der Waals surface area contributed by atoms with Crippen LogP contribution in [0.3, 0.4) is 0 Å². The Morgan fingerprint density at radius 2 is 1.84 bits per heavy atom. The van der Waals surface area contributed by atoms with E-state index in [1.54, 1.807) is 13.2 Å². The number of hydrogen-bond acceptors (Lipinski definition) is 7. The average Bonchev–Trinajstić information content (AvgIpc) is 2.77. The molecule has 0 amide bonds. The normalized spacial score (nSPS) is 20.1. The van der Waals surface area contributed by atoms with Crippen molar-refractivity contribution in [3.8, 4) is 11.8 Å². The summed E-state index contributed by atoms with van der Waals surface area (Å²) in [5, 5.41) is 9.58. The second-order valence-corrected chi connectivity index (χ2v) is 7.81. The van der Waals surface area contributed by atoms with Gasteiger partial charge in [0.1, 0.15) is 18.5 Å². The number of nitrogens with zero attached hydrogens (tertiary/aromatic N) is 1. The predicted molar refractivity (Wildman–Crippen MR) is 116 cm³/mol. The lowest BCUT2D eigenvalue weighted by Gasteiger charge is -2.35. The molecule has 1 aliphatic heterocycles. The second kappa shape index (κ2) is 10.8. The van der Waals surface area contributed by atoms with Crippen LogP contribution in [-0.4, -0.2) is 37.9 Å². The fourth-order valence-electron chi connectivity index (χ4n) is 3.87. The number of nitriles is 1. The summed E-state index contributed by atoms with van der Waals surface area (Å²) in [6.45, 7) is 2.81. The monoisotopic (exact) mass is 437 g/mol. The van der Waals surface area contributed by atoms with Gasteiger partial charge in [0, 0.05) is 26.7 Å². The summed E-state index contributed by atoms with van der Waals surface area (Å²) < 4.78 is 22.0. The Morgan fingerprint density at radius 1 is 1.09 bits per heavy atom. The quantitative estimate of drug-likeness (QED) is 0.607. The van der Waals surface area contributed by atoms with Crippen LogP contribution in [0.15, 0.2) is 42.5 Å². The van der Waals surface area contributed by atoms with Crippen molar-refractivity contribution in [2.45, 2.75) is 51.4 Å². The first-order valence-electron chi connectivity index (χ1n) is 10.5. The Labute approximate surface area is 187 Å². The van der Waals surface area contributed by atoms with Crippen molar-refractivity contribution in [1.29, 1.82) is 5.26 Å². The van der Waals surface area contributed by atoms with Gasteiger partial charge >= 0.3 is 11.9 Å². The van der Waals surface area contributed by atoms with Crippen LogP contribution in [-0.2, 0) is 30.2 Å². The van der Waals surface area contributed by atoms with Crippen molar-refractivity contribution in [3.63, 3.8) is 0 Å². The van der Waals surface area contributed by atoms with Crippen LogP contribution in [0.2, 0.25) is 0 Å². The van der Waals surface area contributed by atoms with Gasteiger partial charge in [-0.15, -0.1) is 0 Å². The van der Waals surface area contributed by atoms with Crippen LogP contribution in [0.1, 0.15) is 55.0 Å². The molecule has 1 heterocycles. The Bertz CT molecular complexity index is 994. The molecule has 3 rings (SSSR count). The number of carbonyl (C=O) groups is 2. The average molecular weight is 437 g/mol. The SMILES string of the molecule is COc1ccc(Cc2cc([C@H]3C[C@@H](OC(C)=O)C[C@@H](COC(C)=O)O3)ccc2C#N)cc1. The lowest BCUT2D eigenvalue weighted by atomic mass is 9.92. The van der Waals surface area contributed by atoms with Gasteiger partial charge in [0.15, 0.2) is 0 Å². The van der Waals surface area contributed by atoms with Gasteiger partial charge in [0.2, 0.25) is 0 Å². The molecule has 0 N–H and O–H groups in total. The van der Waals surface area contributed by atoms with E-state index in [9.17, 15) is 14.9 Å². The second-order valence-electron chi connectivity index (χ2n) is 7.81. The van der Waals surface area contributed by atoms with E-state index >= 15 is 0 Å². The minimum absolute atomic E-state index is 0.0958. The highest BCUT2D eigenvalue weighted by Gasteiger charge is 2.33. The van der Waals surface area contributed by atoms with Crippen LogP contribution in [0, 0.1) is 11.3 Å². The van der Waals surface area contributed by atoms with E-state index in [2.05, 4.69) is 6.07 Å². The largest absolute Gasteiger partial charge is 0.497 e. The summed E-state index contributed by atoms with van der Waals surface area (Å²) >= 11 is 0. The van der Waals surface area contributed by atoms with E-state index in [4.69, 9.17) is 18.9 Å². The first-order chi connectivity index (χ1) is 15.4. The molecule has 0 aliphatic carbocycles. The molecule has 0 radical (unpaired) electrons. The van der Waals surface area contributed by atoms with Crippen molar-refractivity contribution < 1.29 is 28.5 Å². The summed E-state index contributed by atoms with van der Waals surface area (Å²) in [5.41, 5.74) is 3.41. The van der Waals surface area contributed by atoms with Gasteiger partial charge in [-0.2, -0.15) is 5.26 Å². The highest BCUT2D eigenvalue weighted by molar-refractivity contribution is 5.66. The zero-order chi connectivity index (χ0) is 23.1. The summed E-state index contributed by atoms with van der Waals surface area (Å²) in [6.07, 6.45) is 0.450. The molecule has 0 saturated carbocycles. The van der Waals surface area contributed by atoms with E-state index in [0.717, 1.165) is 22.4 Å². The molecule has 1 aliphatic rings. The molecule has 1 fully saturated rings. The predicted octanol–water partition coefficient (Wildman–Crippen LogP) is 3.87. The van der Waals surface area contributed by atoms with E-state index in [0.29, 0.717) is 24.8 Å². The van der Waals surface area contributed by atoms with Crippen LogP contribution < -0.4 is 4.74 Å². The molecule has 32 heavy (non-hydrogen) atoms. The van der Waals surface area contributed by atoms with Gasteiger partial charge in [-0.25, -0.2) is 0 Å². The van der Waals surface area contributed by atoms with Gasteiger partial charge < -0.3 is 18.9 Å². The Kier molecular flexibility index (Phi) is 7.85. The third-order valence-electron chi connectivity index (χ3n) is 5.34. The number of rotatable bonds is 7. The highest BCUT2D eigenvalue weighted by atomic mass is 16.6. The number of hydrogen-bond donors (Lipinski definition) is 0. The third kappa shape index (κ3) is 6.32. The Balaban J connectivity index is 1.83. The summed E-state index contributed by atoms with van der Waals surface area (Å²) in [6, 6.07) is 15.6. The Hall–Kier alpha value is -3.37. The maximum Gasteiger partial charge on any atom is 0.302 e. The third-order valence-corrected chi connectivity index (χ3v) is 5.34.